The van der Waals surface area contributed by atoms with Gasteiger partial charge in [0, 0.05) is 25.3 Å². The van der Waals surface area contributed by atoms with Crippen LogP contribution in [0.1, 0.15) is 26.7 Å². The molecule has 21 heavy (non-hydrogen) atoms. The first-order valence-electron chi connectivity index (χ1n) is 6.96. The quantitative estimate of drug-likeness (QED) is 0.456. The van der Waals surface area contributed by atoms with Gasteiger partial charge in [-0.25, -0.2) is 0 Å². The summed E-state index contributed by atoms with van der Waals surface area (Å²) in [6, 6.07) is 4.75. The first kappa shape index (κ1) is 15.2. The Bertz CT molecular complexity index is 609. The molecule has 1 aromatic heterocycles. The van der Waals surface area contributed by atoms with Gasteiger partial charge in [-0.15, -0.1) is 0 Å². The monoisotopic (exact) mass is 293 g/mol. The second kappa shape index (κ2) is 7.03. The van der Waals surface area contributed by atoms with E-state index >= 15 is 0 Å². The van der Waals surface area contributed by atoms with Crippen LogP contribution in [0.5, 0.6) is 0 Å². The summed E-state index contributed by atoms with van der Waals surface area (Å²) in [6.07, 6.45) is 2.15. The van der Waals surface area contributed by atoms with E-state index in [0.717, 1.165) is 26.0 Å². The number of oxazole rings is 1. The third-order valence-electron chi connectivity index (χ3n) is 2.88. The van der Waals surface area contributed by atoms with E-state index in [4.69, 9.17) is 9.15 Å². The van der Waals surface area contributed by atoms with Crippen LogP contribution in [0, 0.1) is 10.1 Å². The molecule has 0 radical (unpaired) electrons. The molecule has 0 aliphatic heterocycles. The fourth-order valence-corrected chi connectivity index (χ4v) is 1.85. The summed E-state index contributed by atoms with van der Waals surface area (Å²) in [6.45, 7) is 5.47. The van der Waals surface area contributed by atoms with Crippen LogP contribution < -0.4 is 5.32 Å². The Labute approximate surface area is 122 Å². The molecule has 0 atom stereocenters. The molecule has 1 heterocycles. The normalized spacial score (nSPS) is 11.2. The maximum Gasteiger partial charge on any atom is 0.295 e. The molecule has 0 fully saturated rings. The summed E-state index contributed by atoms with van der Waals surface area (Å²) >= 11 is 0. The molecule has 1 N–H and O–H groups in total. The molecule has 0 aliphatic rings. The number of nitro benzene ring substituents is 1. The highest BCUT2D eigenvalue weighted by Crippen LogP contribution is 2.23. The molecular weight excluding hydrogens is 274 g/mol. The van der Waals surface area contributed by atoms with Crippen molar-refractivity contribution in [3.8, 4) is 0 Å². The van der Waals surface area contributed by atoms with E-state index in [1.165, 1.54) is 12.1 Å². The van der Waals surface area contributed by atoms with E-state index in [1.54, 1.807) is 6.07 Å². The van der Waals surface area contributed by atoms with E-state index < -0.39 is 4.92 Å². The summed E-state index contributed by atoms with van der Waals surface area (Å²) in [5.74, 6) is 0. The van der Waals surface area contributed by atoms with Gasteiger partial charge in [-0.1, -0.05) is 0 Å². The maximum atomic E-state index is 10.7. The number of hydrogen-bond acceptors (Lipinski definition) is 6. The zero-order valence-corrected chi connectivity index (χ0v) is 12.2. The Morgan fingerprint density at radius 2 is 2.24 bits per heavy atom. The zero-order chi connectivity index (χ0) is 15.2. The molecule has 0 spiro atoms. The molecular formula is C14H19N3O4. The fourth-order valence-electron chi connectivity index (χ4n) is 1.85. The Balaban J connectivity index is 1.84. The largest absolute Gasteiger partial charge is 0.424 e. The predicted octanol–water partition coefficient (Wildman–Crippen LogP) is 3.35. The topological polar surface area (TPSA) is 90.4 Å². The van der Waals surface area contributed by atoms with Crippen molar-refractivity contribution < 1.29 is 14.1 Å². The lowest BCUT2D eigenvalue weighted by Crippen LogP contribution is -2.07. The minimum atomic E-state index is -0.448. The van der Waals surface area contributed by atoms with Crippen molar-refractivity contribution in [3.05, 3.63) is 28.3 Å². The number of nitro groups is 1. The van der Waals surface area contributed by atoms with Gasteiger partial charge in [0.05, 0.1) is 11.0 Å². The van der Waals surface area contributed by atoms with Gasteiger partial charge in [-0.2, -0.15) is 4.98 Å². The van der Waals surface area contributed by atoms with Gasteiger partial charge in [0.25, 0.3) is 11.7 Å². The number of anilines is 1. The number of nitrogens with zero attached hydrogens (tertiary/aromatic N) is 2. The molecule has 2 aromatic rings. The van der Waals surface area contributed by atoms with E-state index in [1.807, 2.05) is 13.8 Å². The van der Waals surface area contributed by atoms with E-state index in [0.29, 0.717) is 17.1 Å². The minimum Gasteiger partial charge on any atom is -0.424 e. The molecule has 0 aliphatic carbocycles. The third-order valence-corrected chi connectivity index (χ3v) is 2.88. The average Bonchev–Trinajstić information content (AvgIpc) is 2.83. The summed E-state index contributed by atoms with van der Waals surface area (Å²) in [5, 5.41) is 13.8. The van der Waals surface area contributed by atoms with Crippen molar-refractivity contribution in [3.63, 3.8) is 0 Å². The van der Waals surface area contributed by atoms with E-state index in [9.17, 15) is 10.1 Å². The van der Waals surface area contributed by atoms with Crippen LogP contribution in [0.15, 0.2) is 22.6 Å². The van der Waals surface area contributed by atoms with Gasteiger partial charge in [-0.05, 0) is 32.8 Å². The highest BCUT2D eigenvalue weighted by molar-refractivity contribution is 5.77. The minimum absolute atomic E-state index is 0.00758. The molecule has 0 unspecified atom stereocenters. The van der Waals surface area contributed by atoms with Gasteiger partial charge < -0.3 is 14.5 Å². The first-order chi connectivity index (χ1) is 10.1. The van der Waals surface area contributed by atoms with Crippen LogP contribution in [0.4, 0.5) is 11.7 Å². The summed E-state index contributed by atoms with van der Waals surface area (Å²) < 4.78 is 10.9. The van der Waals surface area contributed by atoms with Crippen LogP contribution in [-0.4, -0.2) is 29.2 Å². The van der Waals surface area contributed by atoms with Crippen molar-refractivity contribution in [1.82, 2.24) is 4.98 Å². The standard InChI is InChI=1S/C14H19N3O4/c1-10(2)20-8-4-3-7-15-14-16-12-9-11(17(18)19)5-6-13(12)21-14/h5-6,9-10H,3-4,7-8H2,1-2H3,(H,15,16). The highest BCUT2D eigenvalue weighted by atomic mass is 16.6. The van der Waals surface area contributed by atoms with Crippen LogP contribution in [0.3, 0.4) is 0 Å². The molecule has 2 rings (SSSR count). The molecule has 0 saturated heterocycles. The van der Waals surface area contributed by atoms with Crippen LogP contribution in [0.25, 0.3) is 11.1 Å². The molecule has 7 nitrogen and oxygen atoms in total. The Hall–Kier alpha value is -2.15. The van der Waals surface area contributed by atoms with Crippen LogP contribution in [-0.2, 0) is 4.74 Å². The Morgan fingerprint density at radius 3 is 2.95 bits per heavy atom. The Kier molecular flexibility index (Phi) is 5.10. The number of non-ortho nitro benzene ring substituents is 1. The molecule has 0 amide bonds. The molecule has 114 valence electrons. The number of fused-ring (bicyclic) bond motifs is 1. The third kappa shape index (κ3) is 4.42. The number of nitrogens with one attached hydrogen (secondary N) is 1. The molecule has 1 aromatic carbocycles. The molecule has 7 heteroatoms. The van der Waals surface area contributed by atoms with Gasteiger partial charge in [-0.3, -0.25) is 10.1 Å². The fraction of sp³-hybridized carbons (Fsp3) is 0.500. The number of hydrogen-bond donors (Lipinski definition) is 1. The van der Waals surface area contributed by atoms with Gasteiger partial charge in [0.1, 0.15) is 5.52 Å². The number of unbranched alkanes of at least 4 members (excludes halogenated alkanes) is 1. The summed E-state index contributed by atoms with van der Waals surface area (Å²) in [5.41, 5.74) is 1.02. The first-order valence-corrected chi connectivity index (χ1v) is 6.96. The van der Waals surface area contributed by atoms with Crippen molar-refractivity contribution in [2.24, 2.45) is 0 Å². The lowest BCUT2D eigenvalue weighted by molar-refractivity contribution is -0.384. The number of rotatable bonds is 8. The van der Waals surface area contributed by atoms with Gasteiger partial charge in [0.2, 0.25) is 0 Å². The maximum absolute atomic E-state index is 10.7. The highest BCUT2D eigenvalue weighted by Gasteiger charge is 2.11. The number of aromatic nitrogens is 1. The SMILES string of the molecule is CC(C)OCCCCNc1nc2cc([N+](=O)[O-])ccc2o1. The van der Waals surface area contributed by atoms with Gasteiger partial charge in [0.15, 0.2) is 5.58 Å². The van der Waals surface area contributed by atoms with Crippen molar-refractivity contribution in [1.29, 1.82) is 0 Å². The van der Waals surface area contributed by atoms with Crippen molar-refractivity contribution in [2.45, 2.75) is 32.8 Å². The second-order valence-corrected chi connectivity index (χ2v) is 4.98. The van der Waals surface area contributed by atoms with E-state index in [-0.39, 0.29) is 11.8 Å². The zero-order valence-electron chi connectivity index (χ0n) is 12.2. The number of benzene rings is 1. The van der Waals surface area contributed by atoms with E-state index in [2.05, 4.69) is 10.3 Å². The van der Waals surface area contributed by atoms with Crippen LogP contribution in [0.2, 0.25) is 0 Å². The lowest BCUT2D eigenvalue weighted by atomic mass is 10.3. The van der Waals surface area contributed by atoms with Crippen LogP contribution >= 0.6 is 0 Å². The summed E-state index contributed by atoms with van der Waals surface area (Å²) in [4.78, 5) is 14.4. The molecule has 0 bridgehead atoms. The Morgan fingerprint density at radius 1 is 1.43 bits per heavy atom. The lowest BCUT2D eigenvalue weighted by Gasteiger charge is -2.06. The average molecular weight is 293 g/mol. The van der Waals surface area contributed by atoms with Crippen molar-refractivity contribution >= 4 is 22.8 Å². The smallest absolute Gasteiger partial charge is 0.295 e. The summed E-state index contributed by atoms with van der Waals surface area (Å²) in [7, 11) is 0. The predicted molar refractivity (Wildman–Crippen MR) is 79.5 cm³/mol. The van der Waals surface area contributed by atoms with Gasteiger partial charge >= 0.3 is 0 Å². The number of ether oxygens (including phenoxy) is 1. The van der Waals surface area contributed by atoms with Crippen molar-refractivity contribution in [2.75, 3.05) is 18.5 Å². The second-order valence-electron chi connectivity index (χ2n) is 4.98. The molecule has 0 saturated carbocycles.